The summed E-state index contributed by atoms with van der Waals surface area (Å²) in [6.45, 7) is 1.63. The number of para-hydroxylation sites is 2. The summed E-state index contributed by atoms with van der Waals surface area (Å²) in [5.41, 5.74) is 1.84. The van der Waals surface area contributed by atoms with Crippen molar-refractivity contribution in [1.82, 2.24) is 9.88 Å². The fraction of sp³-hybridized carbons (Fsp3) is 0.360. The zero-order valence-corrected chi connectivity index (χ0v) is 20.4. The van der Waals surface area contributed by atoms with E-state index >= 15 is 0 Å². The van der Waals surface area contributed by atoms with Gasteiger partial charge in [0.2, 0.25) is 0 Å². The number of nitrogens with one attached hydrogen (secondary N) is 2. The number of hydrogen-bond acceptors (Lipinski definition) is 6. The zero-order chi connectivity index (χ0) is 24.1. The van der Waals surface area contributed by atoms with Crippen molar-refractivity contribution in [2.45, 2.75) is 25.5 Å². The van der Waals surface area contributed by atoms with E-state index in [-0.39, 0.29) is 11.7 Å². The molecule has 0 bridgehead atoms. The maximum absolute atomic E-state index is 13.0. The molecule has 8 nitrogen and oxygen atoms in total. The number of aromatic nitrogens is 1. The number of ether oxygens (including phenoxy) is 4. The SMILES string of the molecule is COc1ccccc1NC(=S)N(Cc1cc2cc(OC)c(OC)cc2[nH]c1=O)C[C@@H]1CCCO1. The average Bonchev–Trinajstić information content (AvgIpc) is 3.36. The number of nitrogens with zero attached hydrogens (tertiary/aromatic N) is 1. The van der Waals surface area contributed by atoms with Crippen molar-refractivity contribution >= 4 is 33.9 Å². The van der Waals surface area contributed by atoms with Gasteiger partial charge in [0.1, 0.15) is 5.75 Å². The van der Waals surface area contributed by atoms with E-state index in [1.807, 2.05) is 41.3 Å². The van der Waals surface area contributed by atoms with Gasteiger partial charge in [-0.25, -0.2) is 0 Å². The normalized spacial score (nSPS) is 15.2. The molecule has 3 aromatic rings. The van der Waals surface area contributed by atoms with Crippen LogP contribution in [0.3, 0.4) is 0 Å². The van der Waals surface area contributed by atoms with Gasteiger partial charge >= 0.3 is 0 Å². The van der Waals surface area contributed by atoms with E-state index in [2.05, 4.69) is 10.3 Å². The topological polar surface area (TPSA) is 85.1 Å². The second kappa shape index (κ2) is 10.8. The Bertz CT molecular complexity index is 1220. The molecule has 1 fully saturated rings. The molecule has 1 atom stereocenters. The van der Waals surface area contributed by atoms with E-state index in [0.29, 0.717) is 46.5 Å². The van der Waals surface area contributed by atoms with Gasteiger partial charge in [0.05, 0.1) is 45.2 Å². The average molecular weight is 484 g/mol. The van der Waals surface area contributed by atoms with Crippen LogP contribution in [0.15, 0.2) is 47.3 Å². The van der Waals surface area contributed by atoms with Crippen molar-refractivity contribution in [3.8, 4) is 17.2 Å². The fourth-order valence-electron chi connectivity index (χ4n) is 4.10. The van der Waals surface area contributed by atoms with Crippen LogP contribution in [0.4, 0.5) is 5.69 Å². The Kier molecular flexibility index (Phi) is 7.54. The molecule has 1 aliphatic heterocycles. The van der Waals surface area contributed by atoms with Gasteiger partial charge in [-0.2, -0.15) is 0 Å². The first kappa shape index (κ1) is 23.8. The van der Waals surface area contributed by atoms with Crippen molar-refractivity contribution in [3.05, 3.63) is 58.4 Å². The molecule has 180 valence electrons. The van der Waals surface area contributed by atoms with Crippen LogP contribution in [0.5, 0.6) is 17.2 Å². The van der Waals surface area contributed by atoms with Gasteiger partial charge < -0.3 is 34.1 Å². The van der Waals surface area contributed by atoms with Crippen molar-refractivity contribution in [1.29, 1.82) is 0 Å². The van der Waals surface area contributed by atoms with E-state index in [4.69, 9.17) is 31.2 Å². The minimum atomic E-state index is -0.183. The summed E-state index contributed by atoms with van der Waals surface area (Å²) in [5, 5.41) is 4.61. The van der Waals surface area contributed by atoms with Gasteiger partial charge in [0.25, 0.3) is 5.56 Å². The molecule has 34 heavy (non-hydrogen) atoms. The number of rotatable bonds is 8. The van der Waals surface area contributed by atoms with E-state index in [1.54, 1.807) is 27.4 Å². The van der Waals surface area contributed by atoms with E-state index in [0.717, 1.165) is 30.5 Å². The standard InChI is InChI=1S/C25H29N3O5S/c1-30-21-9-5-4-8-19(21)27-25(34)28(15-18-7-6-10-33-18)14-17-11-16-12-22(31-2)23(32-3)13-20(16)26-24(17)29/h4-5,8-9,11-13,18H,6-7,10,14-15H2,1-3H3,(H,26,29)(H,27,34)/t18-/m0/s1. The third-order valence-corrected chi connectivity index (χ3v) is 6.23. The molecular formula is C25H29N3O5S. The number of fused-ring (bicyclic) bond motifs is 1. The number of hydrogen-bond donors (Lipinski definition) is 2. The molecule has 4 rings (SSSR count). The van der Waals surface area contributed by atoms with Gasteiger partial charge in [-0.1, -0.05) is 12.1 Å². The van der Waals surface area contributed by atoms with E-state index < -0.39 is 0 Å². The Morgan fingerprint density at radius 3 is 2.56 bits per heavy atom. The highest BCUT2D eigenvalue weighted by Gasteiger charge is 2.23. The number of H-pyrrole nitrogens is 1. The summed E-state index contributed by atoms with van der Waals surface area (Å²) in [5.74, 6) is 1.84. The van der Waals surface area contributed by atoms with Crippen molar-refractivity contribution in [3.63, 3.8) is 0 Å². The largest absolute Gasteiger partial charge is 0.495 e. The van der Waals surface area contributed by atoms with Crippen LogP contribution in [0.1, 0.15) is 18.4 Å². The molecule has 0 radical (unpaired) electrons. The van der Waals surface area contributed by atoms with Gasteiger partial charge in [0.15, 0.2) is 16.6 Å². The molecule has 0 unspecified atom stereocenters. The number of thiocarbonyl (C=S) groups is 1. The first-order chi connectivity index (χ1) is 16.5. The molecule has 0 spiro atoms. The first-order valence-electron chi connectivity index (χ1n) is 11.1. The summed E-state index contributed by atoms with van der Waals surface area (Å²) < 4.78 is 22.1. The molecule has 1 saturated heterocycles. The third kappa shape index (κ3) is 5.26. The molecule has 2 aromatic carbocycles. The lowest BCUT2D eigenvalue weighted by Crippen LogP contribution is -2.40. The van der Waals surface area contributed by atoms with E-state index in [9.17, 15) is 4.79 Å². The van der Waals surface area contributed by atoms with Crippen LogP contribution in [-0.2, 0) is 11.3 Å². The summed E-state index contributed by atoms with van der Waals surface area (Å²) in [4.78, 5) is 17.9. The second-order valence-corrected chi connectivity index (χ2v) is 8.45. The Hall–Kier alpha value is -3.30. The molecular weight excluding hydrogens is 454 g/mol. The molecule has 0 aliphatic carbocycles. The Balaban J connectivity index is 1.64. The molecule has 2 N–H and O–H groups in total. The summed E-state index contributed by atoms with van der Waals surface area (Å²) in [7, 11) is 4.77. The lowest BCUT2D eigenvalue weighted by molar-refractivity contribution is 0.0904. The van der Waals surface area contributed by atoms with Crippen LogP contribution in [0.2, 0.25) is 0 Å². The predicted molar refractivity (Wildman–Crippen MR) is 136 cm³/mol. The Morgan fingerprint density at radius 1 is 1.12 bits per heavy atom. The molecule has 2 heterocycles. The van der Waals surface area contributed by atoms with Crippen LogP contribution in [0, 0.1) is 0 Å². The highest BCUT2D eigenvalue weighted by Crippen LogP contribution is 2.31. The Labute approximate surface area is 203 Å². The first-order valence-corrected chi connectivity index (χ1v) is 11.5. The van der Waals surface area contributed by atoms with Crippen molar-refractivity contribution in [2.75, 3.05) is 39.8 Å². The van der Waals surface area contributed by atoms with E-state index in [1.165, 1.54) is 0 Å². The van der Waals surface area contributed by atoms with Gasteiger partial charge in [-0.15, -0.1) is 0 Å². The molecule has 9 heteroatoms. The maximum atomic E-state index is 13.0. The molecule has 0 saturated carbocycles. The third-order valence-electron chi connectivity index (χ3n) is 5.87. The van der Waals surface area contributed by atoms with Crippen LogP contribution in [0.25, 0.3) is 10.9 Å². The van der Waals surface area contributed by atoms with Gasteiger partial charge in [0, 0.05) is 30.2 Å². The second-order valence-electron chi connectivity index (χ2n) is 8.06. The summed E-state index contributed by atoms with van der Waals surface area (Å²) in [6.07, 6.45) is 2.03. The minimum Gasteiger partial charge on any atom is -0.495 e. The van der Waals surface area contributed by atoms with Crippen LogP contribution >= 0.6 is 12.2 Å². The zero-order valence-electron chi connectivity index (χ0n) is 19.6. The predicted octanol–water partition coefficient (Wildman–Crippen LogP) is 3.93. The molecule has 0 amide bonds. The molecule has 1 aromatic heterocycles. The fourth-order valence-corrected chi connectivity index (χ4v) is 4.35. The minimum absolute atomic E-state index is 0.0568. The monoisotopic (exact) mass is 483 g/mol. The lowest BCUT2D eigenvalue weighted by atomic mass is 10.1. The summed E-state index contributed by atoms with van der Waals surface area (Å²) in [6, 6.07) is 13.1. The maximum Gasteiger partial charge on any atom is 0.253 e. The summed E-state index contributed by atoms with van der Waals surface area (Å²) >= 11 is 5.77. The van der Waals surface area contributed by atoms with Crippen molar-refractivity contribution < 1.29 is 18.9 Å². The van der Waals surface area contributed by atoms with Crippen LogP contribution < -0.4 is 25.1 Å². The smallest absolute Gasteiger partial charge is 0.253 e. The quantitative estimate of drug-likeness (QED) is 0.466. The number of benzene rings is 2. The lowest BCUT2D eigenvalue weighted by Gasteiger charge is -2.28. The number of methoxy groups -OCH3 is 3. The van der Waals surface area contributed by atoms with Gasteiger partial charge in [-0.05, 0) is 49.3 Å². The Morgan fingerprint density at radius 2 is 1.85 bits per heavy atom. The van der Waals surface area contributed by atoms with Crippen molar-refractivity contribution in [2.24, 2.45) is 0 Å². The van der Waals surface area contributed by atoms with Gasteiger partial charge in [-0.3, -0.25) is 4.79 Å². The highest BCUT2D eigenvalue weighted by atomic mass is 32.1. The molecule has 1 aliphatic rings. The number of pyridine rings is 1. The van der Waals surface area contributed by atoms with Crippen LogP contribution in [-0.4, -0.2) is 55.6 Å². The number of anilines is 1. The highest BCUT2D eigenvalue weighted by molar-refractivity contribution is 7.80. The number of aromatic amines is 1.